The number of oxazole rings is 1. The van der Waals surface area contributed by atoms with E-state index in [4.69, 9.17) is 13.8 Å². The number of hydrogen-bond acceptors (Lipinski definition) is 5. The number of para-hydroxylation sites is 2. The zero-order valence-corrected chi connectivity index (χ0v) is 26.4. The Morgan fingerprint density at radius 3 is 2.02 bits per heavy atom. The van der Waals surface area contributed by atoms with E-state index in [1.54, 1.807) is 0 Å². The van der Waals surface area contributed by atoms with Gasteiger partial charge in [0.2, 0.25) is 5.89 Å². The molecule has 3 heterocycles. The molecule has 0 spiro atoms. The fourth-order valence-corrected chi connectivity index (χ4v) is 7.96. The number of benzene rings is 7. The zero-order chi connectivity index (χ0) is 31.6. The van der Waals surface area contributed by atoms with Crippen molar-refractivity contribution < 1.29 is 8.83 Å². The fourth-order valence-electron chi connectivity index (χ4n) is 6.82. The van der Waals surface area contributed by atoms with E-state index in [0.717, 1.165) is 61.2 Å². The van der Waals surface area contributed by atoms with Crippen molar-refractivity contribution in [2.45, 2.75) is 0 Å². The van der Waals surface area contributed by atoms with Crippen LogP contribution < -0.4 is 4.90 Å². The number of furan rings is 1. The standard InChI is InChI=1S/C43H26N2O2S/c1-3-10-28(11-4-1)43-44-37-25-36-35-16-9-15-32(42(35)46-38(36)26-39(37)47-43)27-18-20-30(21-19-27)45(29-12-5-2-6-13-29)31-22-23-34-33-14-7-8-17-40(33)48-41(34)24-31/h1-26H. The van der Waals surface area contributed by atoms with E-state index in [9.17, 15) is 0 Å². The predicted molar refractivity (Wildman–Crippen MR) is 200 cm³/mol. The Morgan fingerprint density at radius 1 is 0.458 bits per heavy atom. The highest BCUT2D eigenvalue weighted by molar-refractivity contribution is 7.25. The van der Waals surface area contributed by atoms with Crippen LogP contribution in [0.4, 0.5) is 17.1 Å². The highest BCUT2D eigenvalue weighted by Gasteiger charge is 2.18. The molecule has 3 aromatic heterocycles. The van der Waals surface area contributed by atoms with Gasteiger partial charge in [-0.15, -0.1) is 11.3 Å². The Hall–Kier alpha value is -6.17. The summed E-state index contributed by atoms with van der Waals surface area (Å²) in [5.41, 5.74) is 9.56. The molecule has 0 N–H and O–H groups in total. The van der Waals surface area contributed by atoms with Gasteiger partial charge >= 0.3 is 0 Å². The molecule has 4 nitrogen and oxygen atoms in total. The normalized spacial score (nSPS) is 11.8. The Labute approximate surface area is 279 Å². The number of thiophene rings is 1. The number of hydrogen-bond donors (Lipinski definition) is 0. The summed E-state index contributed by atoms with van der Waals surface area (Å²) in [5.74, 6) is 0.608. The van der Waals surface area contributed by atoms with Crippen LogP contribution in [0.5, 0.6) is 0 Å². The van der Waals surface area contributed by atoms with E-state index >= 15 is 0 Å². The van der Waals surface area contributed by atoms with Gasteiger partial charge in [-0.05, 0) is 66.2 Å². The first-order chi connectivity index (χ1) is 23.8. The van der Waals surface area contributed by atoms with Crippen LogP contribution in [0.2, 0.25) is 0 Å². The lowest BCUT2D eigenvalue weighted by Gasteiger charge is -2.25. The number of fused-ring (bicyclic) bond motifs is 7. The largest absolute Gasteiger partial charge is 0.455 e. The van der Waals surface area contributed by atoms with E-state index in [2.05, 4.69) is 126 Å². The third-order valence-electron chi connectivity index (χ3n) is 9.10. The summed E-state index contributed by atoms with van der Waals surface area (Å²) in [6, 6.07) is 55.1. The Balaban J connectivity index is 1.05. The second kappa shape index (κ2) is 10.7. The third kappa shape index (κ3) is 4.33. The molecule has 7 aromatic carbocycles. The number of nitrogens with zero attached hydrogens (tertiary/aromatic N) is 2. The lowest BCUT2D eigenvalue weighted by atomic mass is 10.0. The van der Waals surface area contributed by atoms with E-state index in [0.29, 0.717) is 11.5 Å². The van der Waals surface area contributed by atoms with Crippen LogP contribution in [-0.2, 0) is 0 Å². The first-order valence-corrected chi connectivity index (χ1v) is 16.8. The van der Waals surface area contributed by atoms with Gasteiger partial charge in [-0.25, -0.2) is 4.98 Å². The van der Waals surface area contributed by atoms with E-state index in [1.807, 2.05) is 47.7 Å². The van der Waals surface area contributed by atoms with Crippen LogP contribution in [0.15, 0.2) is 167 Å². The average Bonchev–Trinajstić information content (AvgIpc) is 3.84. The molecule has 0 unspecified atom stereocenters. The van der Waals surface area contributed by atoms with Crippen LogP contribution in [0.25, 0.3) is 75.8 Å². The van der Waals surface area contributed by atoms with Crippen molar-refractivity contribution in [3.63, 3.8) is 0 Å². The Morgan fingerprint density at radius 2 is 1.17 bits per heavy atom. The average molecular weight is 635 g/mol. The summed E-state index contributed by atoms with van der Waals surface area (Å²) >= 11 is 1.84. The first-order valence-electron chi connectivity index (χ1n) is 15.9. The molecule has 0 saturated carbocycles. The van der Waals surface area contributed by atoms with Gasteiger partial charge in [0.25, 0.3) is 0 Å². The summed E-state index contributed by atoms with van der Waals surface area (Å²) in [6.07, 6.45) is 0. The SMILES string of the molecule is c1ccc(-c2nc3cc4c(cc3o2)oc2c(-c3ccc(N(c5ccccc5)c5ccc6c(c5)sc5ccccc56)cc3)cccc24)cc1. The smallest absolute Gasteiger partial charge is 0.227 e. The molecule has 0 radical (unpaired) electrons. The van der Waals surface area contributed by atoms with E-state index < -0.39 is 0 Å². The maximum absolute atomic E-state index is 6.55. The molecule has 226 valence electrons. The molecular weight excluding hydrogens is 609 g/mol. The molecule has 0 aliphatic carbocycles. The molecule has 0 amide bonds. The molecule has 0 saturated heterocycles. The Bertz CT molecular complexity index is 2780. The third-order valence-corrected chi connectivity index (χ3v) is 10.2. The summed E-state index contributed by atoms with van der Waals surface area (Å²) < 4.78 is 15.3. The van der Waals surface area contributed by atoms with Crippen molar-refractivity contribution in [1.29, 1.82) is 0 Å². The summed E-state index contributed by atoms with van der Waals surface area (Å²) in [7, 11) is 0. The fraction of sp³-hybridized carbons (Fsp3) is 0. The van der Waals surface area contributed by atoms with Crippen molar-refractivity contribution in [1.82, 2.24) is 4.98 Å². The van der Waals surface area contributed by atoms with Crippen LogP contribution >= 0.6 is 11.3 Å². The lowest BCUT2D eigenvalue weighted by Crippen LogP contribution is -2.09. The second-order valence-electron chi connectivity index (χ2n) is 12.0. The van der Waals surface area contributed by atoms with Crippen LogP contribution in [0.3, 0.4) is 0 Å². The highest BCUT2D eigenvalue weighted by atomic mass is 32.1. The van der Waals surface area contributed by atoms with Gasteiger partial charge < -0.3 is 13.7 Å². The molecule has 0 atom stereocenters. The second-order valence-corrected chi connectivity index (χ2v) is 13.1. The monoisotopic (exact) mass is 634 g/mol. The number of anilines is 3. The summed E-state index contributed by atoms with van der Waals surface area (Å²) in [5, 5.41) is 4.68. The predicted octanol–water partition coefficient (Wildman–Crippen LogP) is 12.9. The van der Waals surface area contributed by atoms with Gasteiger partial charge in [0.15, 0.2) is 5.58 Å². The van der Waals surface area contributed by atoms with Gasteiger partial charge in [-0.1, -0.05) is 91.0 Å². The number of rotatable bonds is 5. The van der Waals surface area contributed by atoms with Crippen molar-refractivity contribution in [2.24, 2.45) is 0 Å². The topological polar surface area (TPSA) is 42.4 Å². The molecule has 10 aromatic rings. The molecule has 10 rings (SSSR count). The van der Waals surface area contributed by atoms with Gasteiger partial charge in [0.1, 0.15) is 16.7 Å². The lowest BCUT2D eigenvalue weighted by molar-refractivity contribution is 0.617. The van der Waals surface area contributed by atoms with Crippen LogP contribution in [-0.4, -0.2) is 4.98 Å². The van der Waals surface area contributed by atoms with E-state index in [-0.39, 0.29) is 0 Å². The summed E-state index contributed by atoms with van der Waals surface area (Å²) in [4.78, 5) is 7.11. The van der Waals surface area contributed by atoms with Crippen molar-refractivity contribution in [3.8, 4) is 22.6 Å². The molecular formula is C43H26N2O2S. The van der Waals surface area contributed by atoms with Crippen molar-refractivity contribution >= 4 is 81.6 Å². The minimum absolute atomic E-state index is 0.608. The van der Waals surface area contributed by atoms with Crippen molar-refractivity contribution in [3.05, 3.63) is 158 Å². The maximum Gasteiger partial charge on any atom is 0.227 e. The molecule has 0 bridgehead atoms. The zero-order valence-electron chi connectivity index (χ0n) is 25.6. The highest BCUT2D eigenvalue weighted by Crippen LogP contribution is 2.42. The molecule has 5 heteroatoms. The minimum Gasteiger partial charge on any atom is -0.455 e. The van der Waals surface area contributed by atoms with E-state index in [1.165, 1.54) is 20.2 Å². The molecule has 0 fully saturated rings. The summed E-state index contributed by atoms with van der Waals surface area (Å²) in [6.45, 7) is 0. The van der Waals surface area contributed by atoms with Crippen molar-refractivity contribution in [2.75, 3.05) is 4.90 Å². The molecule has 48 heavy (non-hydrogen) atoms. The quantitative estimate of drug-likeness (QED) is 0.189. The Kier molecular flexibility index (Phi) is 6.01. The first kappa shape index (κ1) is 27.0. The van der Waals surface area contributed by atoms with Crippen LogP contribution in [0.1, 0.15) is 0 Å². The van der Waals surface area contributed by atoms with Gasteiger partial charge in [0, 0.05) is 65.2 Å². The molecule has 0 aliphatic rings. The van der Waals surface area contributed by atoms with Crippen LogP contribution in [0, 0.1) is 0 Å². The van der Waals surface area contributed by atoms with Gasteiger partial charge in [0.05, 0.1) is 0 Å². The maximum atomic E-state index is 6.55. The minimum atomic E-state index is 0.608. The molecule has 0 aliphatic heterocycles. The van der Waals surface area contributed by atoms with Gasteiger partial charge in [-0.2, -0.15) is 0 Å². The number of aromatic nitrogens is 1. The van der Waals surface area contributed by atoms with Gasteiger partial charge in [-0.3, -0.25) is 0 Å².